The van der Waals surface area contributed by atoms with Gasteiger partial charge in [0.2, 0.25) is 0 Å². The molecule has 148 valence electrons. The van der Waals surface area contributed by atoms with E-state index in [1.165, 1.54) is 22.2 Å². The highest BCUT2D eigenvalue weighted by atomic mass is 16.5. The van der Waals surface area contributed by atoms with Crippen molar-refractivity contribution in [3.8, 4) is 11.5 Å². The zero-order chi connectivity index (χ0) is 19.8. The van der Waals surface area contributed by atoms with Gasteiger partial charge in [-0.2, -0.15) is 4.98 Å². The third kappa shape index (κ3) is 3.34. The van der Waals surface area contributed by atoms with Crippen molar-refractivity contribution < 1.29 is 9.63 Å². The molecule has 2 aromatic carbocycles. The summed E-state index contributed by atoms with van der Waals surface area (Å²) in [6, 6.07) is 16.1. The summed E-state index contributed by atoms with van der Waals surface area (Å²) in [5, 5.41) is 15.0. The van der Waals surface area contributed by atoms with Crippen LogP contribution in [0.15, 0.2) is 53.1 Å². The second kappa shape index (κ2) is 7.46. The largest absolute Gasteiger partial charge is 0.392 e. The molecule has 0 spiro atoms. The number of hydrogen-bond donors (Lipinski definition) is 1. The van der Waals surface area contributed by atoms with Crippen LogP contribution in [0.5, 0.6) is 0 Å². The van der Waals surface area contributed by atoms with Crippen molar-refractivity contribution in [2.75, 3.05) is 13.6 Å². The number of aliphatic hydroxyl groups excluding tert-OH is 1. The zero-order valence-electron chi connectivity index (χ0n) is 16.5. The lowest BCUT2D eigenvalue weighted by Crippen LogP contribution is -2.27. The first-order valence-corrected chi connectivity index (χ1v) is 10.0. The number of nitrogens with zero attached hydrogens (tertiary/aromatic N) is 4. The molecule has 2 aromatic heterocycles. The van der Waals surface area contributed by atoms with Crippen LogP contribution in [-0.2, 0) is 32.5 Å². The van der Waals surface area contributed by atoms with Crippen LogP contribution < -0.4 is 0 Å². The minimum Gasteiger partial charge on any atom is -0.392 e. The summed E-state index contributed by atoms with van der Waals surface area (Å²) in [4.78, 5) is 6.93. The van der Waals surface area contributed by atoms with E-state index in [2.05, 4.69) is 38.8 Å². The number of likely N-dealkylation sites (N-methyl/N-ethyl adjacent to an activating group) is 1. The van der Waals surface area contributed by atoms with E-state index in [0.29, 0.717) is 12.3 Å². The fourth-order valence-electron chi connectivity index (χ4n) is 4.25. The molecule has 0 saturated carbocycles. The van der Waals surface area contributed by atoms with Crippen LogP contribution in [0.2, 0.25) is 0 Å². The predicted molar refractivity (Wildman–Crippen MR) is 111 cm³/mol. The van der Waals surface area contributed by atoms with Gasteiger partial charge in [-0.1, -0.05) is 29.4 Å². The Bertz CT molecular complexity index is 1150. The quantitative estimate of drug-likeness (QED) is 0.567. The van der Waals surface area contributed by atoms with Crippen molar-refractivity contribution in [1.29, 1.82) is 0 Å². The lowest BCUT2D eigenvalue weighted by Gasteiger charge is -2.24. The number of aryl methyl sites for hydroxylation is 2. The van der Waals surface area contributed by atoms with Crippen molar-refractivity contribution in [3.05, 3.63) is 71.2 Å². The second-order valence-corrected chi connectivity index (χ2v) is 7.71. The monoisotopic (exact) mass is 388 g/mol. The standard InChI is InChI=1S/C23H24N4O2/c1-26-11-9-21-19(14-26)18-13-16(15-28)7-8-20(18)27(21)12-10-22-24-23(29-25-22)17-5-3-2-4-6-17/h2-8,13,28H,9-12,14-15H2,1H3. The molecule has 0 atom stereocenters. The van der Waals surface area contributed by atoms with Gasteiger partial charge in [-0.3, -0.25) is 0 Å². The van der Waals surface area contributed by atoms with E-state index in [9.17, 15) is 5.11 Å². The summed E-state index contributed by atoms with van der Waals surface area (Å²) in [6.07, 6.45) is 1.74. The van der Waals surface area contributed by atoms with Crippen LogP contribution in [0.3, 0.4) is 0 Å². The lowest BCUT2D eigenvalue weighted by atomic mass is 10.0. The van der Waals surface area contributed by atoms with Crippen molar-refractivity contribution in [1.82, 2.24) is 19.6 Å². The Morgan fingerprint density at radius 1 is 1.14 bits per heavy atom. The number of aliphatic hydroxyl groups is 1. The Hall–Kier alpha value is -2.96. The van der Waals surface area contributed by atoms with E-state index >= 15 is 0 Å². The van der Waals surface area contributed by atoms with Gasteiger partial charge in [-0.25, -0.2) is 0 Å². The average molecular weight is 388 g/mol. The van der Waals surface area contributed by atoms with Crippen molar-refractivity contribution >= 4 is 10.9 Å². The van der Waals surface area contributed by atoms with Crippen LogP contribution >= 0.6 is 0 Å². The van der Waals surface area contributed by atoms with Gasteiger partial charge in [0.15, 0.2) is 5.82 Å². The van der Waals surface area contributed by atoms with Gasteiger partial charge < -0.3 is 19.1 Å². The minimum atomic E-state index is 0.0663. The molecule has 6 heteroatoms. The highest BCUT2D eigenvalue weighted by Gasteiger charge is 2.22. The maximum absolute atomic E-state index is 9.56. The third-order valence-electron chi connectivity index (χ3n) is 5.74. The number of rotatable bonds is 5. The fraction of sp³-hybridized carbons (Fsp3) is 0.304. The molecule has 0 saturated heterocycles. The SMILES string of the molecule is CN1CCc2c(c3cc(CO)ccc3n2CCc2noc(-c3ccccc3)n2)C1. The molecule has 0 amide bonds. The smallest absolute Gasteiger partial charge is 0.257 e. The van der Waals surface area contributed by atoms with Gasteiger partial charge in [0.25, 0.3) is 5.89 Å². The number of hydrogen-bond acceptors (Lipinski definition) is 5. The van der Waals surface area contributed by atoms with Gasteiger partial charge in [-0.15, -0.1) is 0 Å². The summed E-state index contributed by atoms with van der Waals surface area (Å²) >= 11 is 0. The Morgan fingerprint density at radius 3 is 2.83 bits per heavy atom. The van der Waals surface area contributed by atoms with Crippen LogP contribution in [0.1, 0.15) is 22.6 Å². The summed E-state index contributed by atoms with van der Waals surface area (Å²) in [6.45, 7) is 2.86. The molecule has 0 aliphatic carbocycles. The molecule has 0 bridgehead atoms. The topological polar surface area (TPSA) is 67.3 Å². The normalized spacial score (nSPS) is 14.4. The Kier molecular flexibility index (Phi) is 4.66. The molecule has 0 radical (unpaired) electrons. The van der Waals surface area contributed by atoms with Gasteiger partial charge in [0.05, 0.1) is 6.61 Å². The van der Waals surface area contributed by atoms with E-state index in [4.69, 9.17) is 4.52 Å². The van der Waals surface area contributed by atoms with Crippen LogP contribution in [0, 0.1) is 0 Å². The van der Waals surface area contributed by atoms with E-state index in [0.717, 1.165) is 43.0 Å². The summed E-state index contributed by atoms with van der Waals surface area (Å²) in [7, 11) is 2.16. The lowest BCUT2D eigenvalue weighted by molar-refractivity contribution is 0.282. The molecule has 3 heterocycles. The number of fused-ring (bicyclic) bond motifs is 3. The molecule has 6 nitrogen and oxygen atoms in total. The third-order valence-corrected chi connectivity index (χ3v) is 5.74. The van der Waals surface area contributed by atoms with E-state index in [1.54, 1.807) is 0 Å². The molecule has 5 rings (SSSR count). The molecule has 1 N–H and O–H groups in total. The van der Waals surface area contributed by atoms with Gasteiger partial charge >= 0.3 is 0 Å². The predicted octanol–water partition coefficient (Wildman–Crippen LogP) is 3.41. The van der Waals surface area contributed by atoms with Crippen LogP contribution in [-0.4, -0.2) is 38.3 Å². The van der Waals surface area contributed by atoms with E-state index < -0.39 is 0 Å². The Labute approximate surface area is 169 Å². The fourth-order valence-corrected chi connectivity index (χ4v) is 4.25. The first kappa shape index (κ1) is 18.1. The molecular weight excluding hydrogens is 364 g/mol. The van der Waals surface area contributed by atoms with E-state index in [1.807, 2.05) is 36.4 Å². The highest BCUT2D eigenvalue weighted by Crippen LogP contribution is 2.31. The minimum absolute atomic E-state index is 0.0663. The summed E-state index contributed by atoms with van der Waals surface area (Å²) in [5.41, 5.74) is 5.88. The van der Waals surface area contributed by atoms with Gasteiger partial charge in [0, 0.05) is 54.6 Å². The van der Waals surface area contributed by atoms with Gasteiger partial charge in [0.1, 0.15) is 0 Å². The molecule has 0 fully saturated rings. The van der Waals surface area contributed by atoms with Crippen LogP contribution in [0.25, 0.3) is 22.4 Å². The molecule has 29 heavy (non-hydrogen) atoms. The van der Waals surface area contributed by atoms with Crippen molar-refractivity contribution in [2.45, 2.75) is 32.5 Å². The first-order chi connectivity index (χ1) is 14.2. The first-order valence-electron chi connectivity index (χ1n) is 10.0. The van der Waals surface area contributed by atoms with Gasteiger partial charge in [-0.05, 0) is 42.4 Å². The Morgan fingerprint density at radius 2 is 2.00 bits per heavy atom. The molecule has 4 aromatic rings. The summed E-state index contributed by atoms with van der Waals surface area (Å²) in [5.74, 6) is 1.29. The van der Waals surface area contributed by atoms with E-state index in [-0.39, 0.29) is 6.61 Å². The number of aromatic nitrogens is 3. The van der Waals surface area contributed by atoms with Crippen molar-refractivity contribution in [2.24, 2.45) is 0 Å². The average Bonchev–Trinajstić information content (AvgIpc) is 3.35. The highest BCUT2D eigenvalue weighted by molar-refractivity contribution is 5.86. The summed E-state index contributed by atoms with van der Waals surface area (Å²) < 4.78 is 7.86. The van der Waals surface area contributed by atoms with Crippen LogP contribution in [0.4, 0.5) is 0 Å². The Balaban J connectivity index is 1.46. The second-order valence-electron chi connectivity index (χ2n) is 7.71. The molecule has 0 unspecified atom stereocenters. The maximum Gasteiger partial charge on any atom is 0.257 e. The molecule has 1 aliphatic heterocycles. The molecule has 1 aliphatic rings. The maximum atomic E-state index is 9.56. The molecular formula is C23H24N4O2. The van der Waals surface area contributed by atoms with Crippen molar-refractivity contribution in [3.63, 3.8) is 0 Å². The zero-order valence-corrected chi connectivity index (χ0v) is 16.5. The number of benzene rings is 2.